The second kappa shape index (κ2) is 3.43. The second-order valence-electron chi connectivity index (χ2n) is 6.21. The van der Waals surface area contributed by atoms with E-state index in [1.807, 2.05) is 56.3 Å². The van der Waals surface area contributed by atoms with Gasteiger partial charge in [0.15, 0.2) is 0 Å². The maximum absolute atomic E-state index is 12.8. The topological polar surface area (TPSA) is 37.1 Å². The molecule has 1 aliphatic carbocycles. The number of rotatable bonds is 1. The average molecular weight is 287 g/mol. The Kier molecular flexibility index (Phi) is 2.12. The summed E-state index contributed by atoms with van der Waals surface area (Å²) in [6.07, 6.45) is 5.94. The minimum absolute atomic E-state index is 0.00704. The third-order valence-corrected chi connectivity index (χ3v) is 7.62. The van der Waals surface area contributed by atoms with Gasteiger partial charge < -0.3 is 0 Å². The van der Waals surface area contributed by atoms with E-state index >= 15 is 0 Å². The first-order chi connectivity index (χ1) is 9.43. The molecule has 4 rings (SSSR count). The number of allylic oxidation sites excluding steroid dienone is 2. The molecule has 3 nitrogen and oxygen atoms in total. The van der Waals surface area contributed by atoms with Crippen LogP contribution < -0.4 is 0 Å². The van der Waals surface area contributed by atoms with Crippen LogP contribution in [-0.4, -0.2) is 24.0 Å². The largest absolute Gasteiger partial charge is 0.224 e. The Morgan fingerprint density at radius 2 is 1.95 bits per heavy atom. The lowest BCUT2D eigenvalue weighted by molar-refractivity contribution is 0.417. The molecule has 3 aliphatic rings. The normalized spacial score (nSPS) is 43.6. The van der Waals surface area contributed by atoms with Crippen LogP contribution >= 0.6 is 0 Å². The summed E-state index contributed by atoms with van der Waals surface area (Å²) in [5, 5.41) is 0. The first kappa shape index (κ1) is 12.4. The van der Waals surface area contributed by atoms with Crippen LogP contribution in [0.4, 0.5) is 0 Å². The van der Waals surface area contributed by atoms with Crippen molar-refractivity contribution in [3.63, 3.8) is 0 Å². The van der Waals surface area contributed by atoms with E-state index in [2.05, 4.69) is 6.08 Å². The fourth-order valence-corrected chi connectivity index (χ4v) is 6.17. The fraction of sp³-hybridized carbons (Fsp3) is 0.375. The third kappa shape index (κ3) is 1.18. The van der Waals surface area contributed by atoms with Crippen LogP contribution in [0.3, 0.4) is 0 Å². The van der Waals surface area contributed by atoms with Gasteiger partial charge >= 0.3 is 0 Å². The van der Waals surface area contributed by atoms with Crippen LogP contribution in [-0.2, 0) is 15.6 Å². The minimum Gasteiger partial charge on any atom is -0.211 e. The first-order valence-electron chi connectivity index (χ1n) is 6.88. The zero-order chi connectivity index (χ0) is 14.2. The smallest absolute Gasteiger partial charge is 0.211 e. The summed E-state index contributed by atoms with van der Waals surface area (Å²) in [7, 11) is -3.28. The second-order valence-corrected chi connectivity index (χ2v) is 8.48. The minimum atomic E-state index is -3.28. The van der Waals surface area contributed by atoms with E-state index in [0.717, 1.165) is 11.1 Å². The van der Waals surface area contributed by atoms with Crippen LogP contribution in [0.25, 0.3) is 0 Å². The monoisotopic (exact) mass is 287 g/mol. The summed E-state index contributed by atoms with van der Waals surface area (Å²) in [6, 6.07) is 10.0. The Labute approximate surface area is 119 Å². The summed E-state index contributed by atoms with van der Waals surface area (Å²) in [5.41, 5.74) is 1.89. The summed E-state index contributed by atoms with van der Waals surface area (Å²) < 4.78 is 26.5. The highest BCUT2D eigenvalue weighted by Gasteiger charge is 2.77. The Balaban J connectivity index is 1.96. The highest BCUT2D eigenvalue weighted by Crippen LogP contribution is 2.65. The van der Waals surface area contributed by atoms with E-state index in [4.69, 9.17) is 0 Å². The lowest BCUT2D eigenvalue weighted by Crippen LogP contribution is -2.42. The van der Waals surface area contributed by atoms with Crippen molar-refractivity contribution in [2.24, 2.45) is 5.92 Å². The van der Waals surface area contributed by atoms with Crippen LogP contribution in [0.5, 0.6) is 0 Å². The highest BCUT2D eigenvalue weighted by molar-refractivity contribution is 7.91. The number of sulfonamides is 1. The van der Waals surface area contributed by atoms with Gasteiger partial charge in [0.2, 0.25) is 10.0 Å². The molecule has 2 aliphatic heterocycles. The summed E-state index contributed by atoms with van der Waals surface area (Å²) in [5.74, 6) is -0.00704. The fourth-order valence-electron chi connectivity index (χ4n) is 3.86. The SMILES string of the molecule is CC1=C[C@H]2[C@@]3(c4ccccc4)CN3S(=O)(=O)[C@@]2(C)C=C1. The van der Waals surface area contributed by atoms with Crippen LogP contribution in [0.15, 0.2) is 54.1 Å². The molecule has 2 saturated heterocycles. The van der Waals surface area contributed by atoms with Gasteiger partial charge in [-0.15, -0.1) is 0 Å². The molecule has 4 atom stereocenters. The van der Waals surface area contributed by atoms with E-state index in [1.54, 1.807) is 4.31 Å². The molecule has 0 amide bonds. The summed E-state index contributed by atoms with van der Waals surface area (Å²) >= 11 is 0. The molecular formula is C16H17NO2S. The molecule has 2 heterocycles. The lowest BCUT2D eigenvalue weighted by Gasteiger charge is -2.33. The van der Waals surface area contributed by atoms with Gasteiger partial charge in [0.05, 0.1) is 5.54 Å². The molecule has 1 aromatic rings. The Morgan fingerprint density at radius 1 is 1.25 bits per heavy atom. The third-order valence-electron chi connectivity index (χ3n) is 5.08. The molecule has 0 spiro atoms. The van der Waals surface area contributed by atoms with Crippen molar-refractivity contribution in [3.8, 4) is 0 Å². The van der Waals surface area contributed by atoms with Gasteiger partial charge in [0.1, 0.15) is 4.75 Å². The number of benzene rings is 1. The number of fused-ring (bicyclic) bond motifs is 3. The predicted octanol–water partition coefficient (Wildman–Crippen LogP) is 2.43. The molecule has 104 valence electrons. The van der Waals surface area contributed by atoms with Crippen molar-refractivity contribution < 1.29 is 8.42 Å². The van der Waals surface area contributed by atoms with Crippen molar-refractivity contribution in [1.29, 1.82) is 0 Å². The molecule has 0 N–H and O–H groups in total. The van der Waals surface area contributed by atoms with E-state index in [1.165, 1.54) is 0 Å². The first-order valence-corrected chi connectivity index (χ1v) is 8.32. The highest BCUT2D eigenvalue weighted by atomic mass is 32.2. The van der Waals surface area contributed by atoms with Gasteiger partial charge in [-0.3, -0.25) is 0 Å². The zero-order valence-electron chi connectivity index (χ0n) is 11.6. The van der Waals surface area contributed by atoms with Crippen molar-refractivity contribution in [2.75, 3.05) is 6.54 Å². The molecule has 20 heavy (non-hydrogen) atoms. The Morgan fingerprint density at radius 3 is 2.65 bits per heavy atom. The molecule has 2 fully saturated rings. The molecule has 0 saturated carbocycles. The van der Waals surface area contributed by atoms with Crippen LogP contribution in [0, 0.1) is 5.92 Å². The standard InChI is InChI=1S/C16H17NO2S/c1-12-8-9-15(2)14(10-12)16(11-17(16)20(15,18)19)13-6-4-3-5-7-13/h3-10,14H,11H2,1-2H3/t14-,15+,16+,17?/m1/s1. The molecule has 0 bridgehead atoms. The van der Waals surface area contributed by atoms with Crippen LogP contribution in [0.2, 0.25) is 0 Å². The van der Waals surface area contributed by atoms with Gasteiger partial charge in [-0.2, -0.15) is 4.31 Å². The maximum Gasteiger partial charge on any atom is 0.224 e. The van der Waals surface area contributed by atoms with Crippen molar-refractivity contribution >= 4 is 10.0 Å². The van der Waals surface area contributed by atoms with E-state index in [0.29, 0.717) is 6.54 Å². The van der Waals surface area contributed by atoms with Gasteiger partial charge in [-0.1, -0.05) is 54.1 Å². The number of hydrogen-bond donors (Lipinski definition) is 0. The number of hydrogen-bond acceptors (Lipinski definition) is 2. The molecule has 4 heteroatoms. The van der Waals surface area contributed by atoms with E-state index in [9.17, 15) is 8.42 Å². The van der Waals surface area contributed by atoms with Crippen LogP contribution in [0.1, 0.15) is 19.4 Å². The molecule has 1 aromatic carbocycles. The Hall–Kier alpha value is -1.39. The van der Waals surface area contributed by atoms with Crippen molar-refractivity contribution in [2.45, 2.75) is 24.1 Å². The summed E-state index contributed by atoms with van der Waals surface area (Å²) in [6.45, 7) is 4.49. The van der Waals surface area contributed by atoms with Gasteiger partial charge in [0.25, 0.3) is 0 Å². The lowest BCUT2D eigenvalue weighted by atomic mass is 9.74. The average Bonchev–Trinajstić information content (AvgIpc) is 3.16. The van der Waals surface area contributed by atoms with E-state index < -0.39 is 14.8 Å². The molecule has 0 radical (unpaired) electrons. The van der Waals surface area contributed by atoms with Gasteiger partial charge in [-0.25, -0.2) is 8.42 Å². The summed E-state index contributed by atoms with van der Waals surface area (Å²) in [4.78, 5) is 0. The molecular weight excluding hydrogens is 270 g/mol. The van der Waals surface area contributed by atoms with E-state index in [-0.39, 0.29) is 11.5 Å². The Bertz CT molecular complexity index is 750. The van der Waals surface area contributed by atoms with Crippen molar-refractivity contribution in [3.05, 3.63) is 59.7 Å². The molecule has 1 unspecified atom stereocenters. The molecule has 0 aromatic heterocycles. The predicted molar refractivity (Wildman–Crippen MR) is 78.5 cm³/mol. The quantitative estimate of drug-likeness (QED) is 0.744. The maximum atomic E-state index is 12.8. The number of nitrogens with zero attached hydrogens (tertiary/aromatic N) is 1. The van der Waals surface area contributed by atoms with Gasteiger partial charge in [-0.05, 0) is 19.4 Å². The van der Waals surface area contributed by atoms with Crippen molar-refractivity contribution in [1.82, 2.24) is 4.31 Å². The zero-order valence-corrected chi connectivity index (χ0v) is 12.4. The van der Waals surface area contributed by atoms with Gasteiger partial charge in [0, 0.05) is 12.5 Å².